The molecule has 0 aromatic heterocycles. The molecular weight excluding hydrogens is 260 g/mol. The van der Waals surface area contributed by atoms with E-state index in [1.54, 1.807) is 0 Å². The maximum atomic E-state index is 12.0. The van der Waals surface area contributed by atoms with E-state index in [1.807, 2.05) is 0 Å². The lowest BCUT2D eigenvalue weighted by Crippen LogP contribution is -2.68. The SMILES string of the molecule is CC(C)(C)[C@H]1O[C@@]1(C(C)(C)C)C(O)(C(C)(C)C)C(C)(C)C. The number of hydrogen-bond donors (Lipinski definition) is 1. The summed E-state index contributed by atoms with van der Waals surface area (Å²) in [6, 6.07) is 0. The van der Waals surface area contributed by atoms with Crippen molar-refractivity contribution in [3.05, 3.63) is 0 Å². The Bertz CT molecular complexity index is 381. The van der Waals surface area contributed by atoms with Crippen molar-refractivity contribution in [3.8, 4) is 0 Å². The molecule has 1 aliphatic rings. The minimum atomic E-state index is -0.927. The van der Waals surface area contributed by atoms with Gasteiger partial charge in [0, 0.05) is 0 Å². The van der Waals surface area contributed by atoms with E-state index in [0.29, 0.717) is 0 Å². The summed E-state index contributed by atoms with van der Waals surface area (Å²) in [5.74, 6) is 0. The Labute approximate surface area is 132 Å². The minimum Gasteiger partial charge on any atom is -0.386 e. The van der Waals surface area contributed by atoms with Gasteiger partial charge in [-0.2, -0.15) is 0 Å². The van der Waals surface area contributed by atoms with Gasteiger partial charge in [-0.25, -0.2) is 0 Å². The summed E-state index contributed by atoms with van der Waals surface area (Å²) in [7, 11) is 0. The van der Waals surface area contributed by atoms with Crippen molar-refractivity contribution in [2.75, 3.05) is 0 Å². The van der Waals surface area contributed by atoms with Crippen LogP contribution in [-0.2, 0) is 4.74 Å². The molecule has 1 N–H and O–H groups in total. The maximum absolute atomic E-state index is 12.0. The minimum absolute atomic E-state index is 0.0117. The fourth-order valence-corrected chi connectivity index (χ4v) is 4.57. The van der Waals surface area contributed by atoms with E-state index >= 15 is 0 Å². The van der Waals surface area contributed by atoms with Gasteiger partial charge in [0.15, 0.2) is 0 Å². The van der Waals surface area contributed by atoms with Crippen LogP contribution in [0.25, 0.3) is 0 Å². The topological polar surface area (TPSA) is 32.8 Å². The van der Waals surface area contributed by atoms with Crippen LogP contribution in [0.2, 0.25) is 0 Å². The van der Waals surface area contributed by atoms with Crippen LogP contribution in [0.4, 0.5) is 0 Å². The van der Waals surface area contributed by atoms with Crippen LogP contribution in [0.5, 0.6) is 0 Å². The Morgan fingerprint density at radius 1 is 0.714 bits per heavy atom. The van der Waals surface area contributed by atoms with Crippen molar-refractivity contribution in [1.82, 2.24) is 0 Å². The van der Waals surface area contributed by atoms with Crippen LogP contribution in [0.1, 0.15) is 83.1 Å². The lowest BCUT2D eigenvalue weighted by molar-refractivity contribution is -0.209. The Kier molecular flexibility index (Phi) is 4.04. The van der Waals surface area contributed by atoms with Crippen LogP contribution < -0.4 is 0 Å². The van der Waals surface area contributed by atoms with Gasteiger partial charge in [0.1, 0.15) is 11.2 Å². The van der Waals surface area contributed by atoms with E-state index < -0.39 is 11.2 Å². The molecule has 0 saturated carbocycles. The first kappa shape index (κ1) is 19.0. The zero-order valence-electron chi connectivity index (χ0n) is 16.4. The Morgan fingerprint density at radius 3 is 1.19 bits per heavy atom. The van der Waals surface area contributed by atoms with Crippen molar-refractivity contribution < 1.29 is 9.84 Å². The highest BCUT2D eigenvalue weighted by Crippen LogP contribution is 2.69. The van der Waals surface area contributed by atoms with Gasteiger partial charge in [-0.3, -0.25) is 0 Å². The van der Waals surface area contributed by atoms with Crippen LogP contribution in [-0.4, -0.2) is 22.4 Å². The summed E-state index contributed by atoms with van der Waals surface area (Å²) in [4.78, 5) is 0. The second kappa shape index (κ2) is 4.47. The first-order valence-electron chi connectivity index (χ1n) is 8.24. The molecule has 2 atom stereocenters. The van der Waals surface area contributed by atoms with E-state index in [9.17, 15) is 5.11 Å². The number of ether oxygens (including phenoxy) is 1. The number of hydrogen-bond acceptors (Lipinski definition) is 2. The molecule has 2 nitrogen and oxygen atoms in total. The van der Waals surface area contributed by atoms with Gasteiger partial charge in [0.05, 0.1) is 6.10 Å². The maximum Gasteiger partial charge on any atom is 0.130 e. The second-order valence-corrected chi connectivity index (χ2v) is 11.1. The monoisotopic (exact) mass is 298 g/mol. The molecule has 0 aromatic carbocycles. The molecule has 1 aliphatic heterocycles. The van der Waals surface area contributed by atoms with Crippen LogP contribution >= 0.6 is 0 Å². The van der Waals surface area contributed by atoms with E-state index in [-0.39, 0.29) is 27.8 Å². The highest BCUT2D eigenvalue weighted by Gasteiger charge is 2.80. The highest BCUT2D eigenvalue weighted by atomic mass is 16.6. The van der Waals surface area contributed by atoms with Gasteiger partial charge in [0.2, 0.25) is 0 Å². The van der Waals surface area contributed by atoms with Crippen molar-refractivity contribution in [1.29, 1.82) is 0 Å². The van der Waals surface area contributed by atoms with E-state index in [2.05, 4.69) is 83.1 Å². The molecule has 0 unspecified atom stereocenters. The average molecular weight is 299 g/mol. The summed E-state index contributed by atoms with van der Waals surface area (Å²) in [6.07, 6.45) is 0.0634. The lowest BCUT2D eigenvalue weighted by atomic mass is 9.49. The lowest BCUT2D eigenvalue weighted by Gasteiger charge is -2.57. The zero-order valence-corrected chi connectivity index (χ0v) is 16.4. The third kappa shape index (κ3) is 2.47. The molecule has 21 heavy (non-hydrogen) atoms. The predicted octanol–water partition coefficient (Wildman–Crippen LogP) is 5.04. The molecule has 0 amide bonds. The first-order chi connectivity index (χ1) is 8.84. The van der Waals surface area contributed by atoms with Crippen molar-refractivity contribution in [3.63, 3.8) is 0 Å². The van der Waals surface area contributed by atoms with Crippen LogP contribution in [0.15, 0.2) is 0 Å². The molecule has 0 aliphatic carbocycles. The van der Waals surface area contributed by atoms with Gasteiger partial charge in [-0.1, -0.05) is 83.1 Å². The Hall–Kier alpha value is -0.0800. The third-order valence-corrected chi connectivity index (χ3v) is 5.22. The summed E-state index contributed by atoms with van der Waals surface area (Å²) in [5.41, 5.74) is -2.15. The zero-order chi connectivity index (χ0) is 17.3. The standard InChI is InChI=1S/C19H38O2/c1-14(2,3)13-18(21-13,15(4,5)6)19(20,16(7,8)9)17(10,11)12/h13,20H,1-12H3/t13-,18+/m1/s1. The van der Waals surface area contributed by atoms with Gasteiger partial charge in [-0.05, 0) is 21.7 Å². The van der Waals surface area contributed by atoms with E-state index in [4.69, 9.17) is 4.74 Å². The smallest absolute Gasteiger partial charge is 0.130 e. The Morgan fingerprint density at radius 2 is 1.05 bits per heavy atom. The molecule has 1 fully saturated rings. The molecule has 1 heterocycles. The quantitative estimate of drug-likeness (QED) is 0.688. The van der Waals surface area contributed by atoms with E-state index in [0.717, 1.165) is 0 Å². The number of rotatable bonds is 1. The molecule has 1 saturated heterocycles. The normalized spacial score (nSPS) is 28.7. The second-order valence-electron chi connectivity index (χ2n) is 11.1. The summed E-state index contributed by atoms with van der Waals surface area (Å²) < 4.78 is 6.40. The van der Waals surface area contributed by atoms with Crippen molar-refractivity contribution >= 4 is 0 Å². The fraction of sp³-hybridized carbons (Fsp3) is 1.00. The van der Waals surface area contributed by atoms with Gasteiger partial charge in [0.25, 0.3) is 0 Å². The molecular formula is C19H38O2. The molecule has 2 heteroatoms. The highest BCUT2D eigenvalue weighted by molar-refractivity contribution is 5.28. The molecule has 0 radical (unpaired) electrons. The summed E-state index contributed by atoms with van der Waals surface area (Å²) >= 11 is 0. The van der Waals surface area contributed by atoms with Gasteiger partial charge < -0.3 is 9.84 Å². The number of epoxide rings is 1. The molecule has 0 bridgehead atoms. The summed E-state index contributed by atoms with van der Waals surface area (Å²) in [6.45, 7) is 26.0. The van der Waals surface area contributed by atoms with Gasteiger partial charge in [-0.15, -0.1) is 0 Å². The molecule has 126 valence electrons. The van der Waals surface area contributed by atoms with Crippen LogP contribution in [0, 0.1) is 21.7 Å². The van der Waals surface area contributed by atoms with Crippen molar-refractivity contribution in [2.24, 2.45) is 21.7 Å². The number of aliphatic hydroxyl groups is 1. The van der Waals surface area contributed by atoms with E-state index in [1.165, 1.54) is 0 Å². The van der Waals surface area contributed by atoms with Crippen molar-refractivity contribution in [2.45, 2.75) is 100 Å². The third-order valence-electron chi connectivity index (χ3n) is 5.22. The molecule has 1 rings (SSSR count). The largest absolute Gasteiger partial charge is 0.386 e. The van der Waals surface area contributed by atoms with Gasteiger partial charge >= 0.3 is 0 Å². The predicted molar refractivity (Wildman–Crippen MR) is 90.4 cm³/mol. The Balaban J connectivity index is 3.61. The average Bonchev–Trinajstić information content (AvgIpc) is 2.86. The van der Waals surface area contributed by atoms with Crippen LogP contribution in [0.3, 0.4) is 0 Å². The first-order valence-corrected chi connectivity index (χ1v) is 8.24. The molecule has 0 spiro atoms. The summed E-state index contributed by atoms with van der Waals surface area (Å²) in [5, 5.41) is 12.0. The fourth-order valence-electron chi connectivity index (χ4n) is 4.57. The molecule has 0 aromatic rings.